The lowest BCUT2D eigenvalue weighted by Crippen LogP contribution is -2.58. The van der Waals surface area contributed by atoms with E-state index in [4.69, 9.17) is 4.74 Å². The number of hydrogen-bond donors (Lipinski definition) is 2. The lowest BCUT2D eigenvalue weighted by atomic mass is 9.42. The Bertz CT molecular complexity index is 932. The van der Waals surface area contributed by atoms with Gasteiger partial charge in [-0.05, 0) is 124 Å². The summed E-state index contributed by atoms with van der Waals surface area (Å²) < 4.78 is 5.70. The van der Waals surface area contributed by atoms with Gasteiger partial charge in [0.05, 0.1) is 12.2 Å². The Morgan fingerprint density at radius 3 is 2.60 bits per heavy atom. The number of ether oxygens (including phenoxy) is 1. The third-order valence-corrected chi connectivity index (χ3v) is 11.5. The highest BCUT2D eigenvalue weighted by Crippen LogP contribution is 2.69. The smallest absolute Gasteiger partial charge is 0.228 e. The lowest BCUT2D eigenvalue weighted by Gasteiger charge is -2.63. The fraction of sp³-hybridized carbons (Fsp3) is 0.774. The number of rotatable bonds is 6. The van der Waals surface area contributed by atoms with Crippen LogP contribution in [-0.4, -0.2) is 29.8 Å². The molecule has 1 aromatic rings. The fourth-order valence-electron chi connectivity index (χ4n) is 9.62. The zero-order valence-electron chi connectivity index (χ0n) is 22.4. The van der Waals surface area contributed by atoms with Gasteiger partial charge in [0.15, 0.2) is 0 Å². The molecule has 0 saturated heterocycles. The van der Waals surface area contributed by atoms with Crippen LogP contribution in [-0.2, 0) is 9.53 Å². The highest BCUT2D eigenvalue weighted by Gasteiger charge is 2.63. The number of benzene rings is 1. The molecule has 4 aliphatic rings. The van der Waals surface area contributed by atoms with Crippen molar-refractivity contribution in [3.63, 3.8) is 0 Å². The zero-order valence-corrected chi connectivity index (χ0v) is 22.4. The molecule has 1 amide bonds. The molecule has 8 atom stereocenters. The van der Waals surface area contributed by atoms with E-state index in [1.54, 1.807) is 0 Å². The second-order valence-corrected chi connectivity index (χ2v) is 12.8. The van der Waals surface area contributed by atoms with Gasteiger partial charge in [-0.25, -0.2) is 0 Å². The van der Waals surface area contributed by atoms with Crippen molar-refractivity contribution in [3.05, 3.63) is 29.8 Å². The van der Waals surface area contributed by atoms with Crippen LogP contribution in [0.2, 0.25) is 0 Å². The average Bonchev–Trinajstić information content (AvgIpc) is 3.21. The van der Waals surface area contributed by atoms with E-state index < -0.39 is 5.60 Å². The second-order valence-electron chi connectivity index (χ2n) is 12.8. The monoisotopic (exact) mass is 481 g/mol. The van der Waals surface area contributed by atoms with Crippen molar-refractivity contribution < 1.29 is 14.6 Å². The van der Waals surface area contributed by atoms with E-state index in [2.05, 4.69) is 32.2 Å². The summed E-state index contributed by atoms with van der Waals surface area (Å²) in [6.07, 6.45) is 11.3. The summed E-state index contributed by atoms with van der Waals surface area (Å²) in [5, 5.41) is 14.6. The van der Waals surface area contributed by atoms with Crippen LogP contribution in [0.4, 0.5) is 5.69 Å². The van der Waals surface area contributed by atoms with Crippen LogP contribution in [0.25, 0.3) is 0 Å². The van der Waals surface area contributed by atoms with Crippen LogP contribution in [0, 0.1) is 47.3 Å². The molecule has 4 fully saturated rings. The molecule has 5 rings (SSSR count). The Balaban J connectivity index is 1.33. The topological polar surface area (TPSA) is 58.6 Å². The third kappa shape index (κ3) is 4.17. The molecule has 4 nitrogen and oxygen atoms in total. The van der Waals surface area contributed by atoms with Crippen LogP contribution in [0.1, 0.15) is 90.5 Å². The summed E-state index contributed by atoms with van der Waals surface area (Å²) in [5.74, 6) is 3.10. The summed E-state index contributed by atoms with van der Waals surface area (Å²) in [6.45, 7) is 10.1. The molecule has 4 aliphatic carbocycles. The van der Waals surface area contributed by atoms with Crippen molar-refractivity contribution in [2.24, 2.45) is 40.4 Å². The maximum absolute atomic E-state index is 13.5. The highest BCUT2D eigenvalue weighted by molar-refractivity contribution is 5.94. The standard InChI is InChI=1S/C31H47NO3/c1-5-31-18-17-30(34,20-35-6-2)19-22(31)11-12-23-24-13-14-26(29(24,4)16-15-25(23)31)28(33)32-27-10-8-7-9-21(27)3/h7-10,22-26,34H,5-6,11-20H2,1-4H3,(H,32,33). The number of carbonyl (C=O) groups excluding carboxylic acids is 1. The van der Waals surface area contributed by atoms with Crippen molar-refractivity contribution in [1.29, 1.82) is 0 Å². The number of aliphatic hydroxyl groups is 1. The van der Waals surface area contributed by atoms with E-state index in [9.17, 15) is 9.90 Å². The molecule has 4 saturated carbocycles. The molecule has 194 valence electrons. The van der Waals surface area contributed by atoms with Crippen LogP contribution >= 0.6 is 0 Å². The van der Waals surface area contributed by atoms with Crippen molar-refractivity contribution in [3.8, 4) is 0 Å². The predicted molar refractivity (Wildman–Crippen MR) is 141 cm³/mol. The molecule has 0 bridgehead atoms. The minimum absolute atomic E-state index is 0.111. The van der Waals surface area contributed by atoms with E-state index in [-0.39, 0.29) is 17.2 Å². The maximum Gasteiger partial charge on any atom is 0.228 e. The van der Waals surface area contributed by atoms with Gasteiger partial charge in [-0.3, -0.25) is 4.79 Å². The summed E-state index contributed by atoms with van der Waals surface area (Å²) in [7, 11) is 0. The lowest BCUT2D eigenvalue weighted by molar-refractivity contribution is -0.173. The average molecular weight is 482 g/mol. The van der Waals surface area contributed by atoms with E-state index >= 15 is 0 Å². The summed E-state index contributed by atoms with van der Waals surface area (Å²) in [6, 6.07) is 8.14. The normalized spacial score (nSPS) is 42.6. The maximum atomic E-state index is 13.5. The highest BCUT2D eigenvalue weighted by atomic mass is 16.5. The first kappa shape index (κ1) is 25.3. The SMILES string of the molecule is CCOCC1(O)CCC2(CC)C(CCC3C4CCC(C(=O)Nc5ccccc5C)C4(C)CCC32)C1. The quantitative estimate of drug-likeness (QED) is 0.472. The van der Waals surface area contributed by atoms with Crippen molar-refractivity contribution in [1.82, 2.24) is 0 Å². The van der Waals surface area contributed by atoms with Gasteiger partial charge in [0.25, 0.3) is 0 Å². The molecule has 0 aromatic heterocycles. The molecular weight excluding hydrogens is 434 g/mol. The van der Waals surface area contributed by atoms with Crippen molar-refractivity contribution in [2.75, 3.05) is 18.5 Å². The number of anilines is 1. The fourth-order valence-corrected chi connectivity index (χ4v) is 9.62. The van der Waals surface area contributed by atoms with E-state index in [1.807, 2.05) is 25.1 Å². The summed E-state index contributed by atoms with van der Waals surface area (Å²) >= 11 is 0. The van der Waals surface area contributed by atoms with E-state index in [1.165, 1.54) is 38.5 Å². The van der Waals surface area contributed by atoms with Gasteiger partial charge in [-0.15, -0.1) is 0 Å². The van der Waals surface area contributed by atoms with Gasteiger partial charge in [0, 0.05) is 18.2 Å². The molecule has 0 radical (unpaired) electrons. The van der Waals surface area contributed by atoms with Gasteiger partial charge in [-0.2, -0.15) is 0 Å². The van der Waals surface area contributed by atoms with Crippen LogP contribution in [0.5, 0.6) is 0 Å². The Labute approximate surface area is 212 Å². The number of carbonyl (C=O) groups is 1. The molecule has 0 aliphatic heterocycles. The van der Waals surface area contributed by atoms with Crippen molar-refractivity contribution in [2.45, 2.75) is 97.5 Å². The molecule has 4 heteroatoms. The predicted octanol–water partition coefficient (Wildman–Crippen LogP) is 6.75. The van der Waals surface area contributed by atoms with Crippen molar-refractivity contribution >= 4 is 11.6 Å². The largest absolute Gasteiger partial charge is 0.387 e. The minimum Gasteiger partial charge on any atom is -0.387 e. The molecule has 8 unspecified atom stereocenters. The number of nitrogens with one attached hydrogen (secondary N) is 1. The first-order valence-electron chi connectivity index (χ1n) is 14.4. The first-order valence-corrected chi connectivity index (χ1v) is 14.4. The molecule has 0 spiro atoms. The number of hydrogen-bond acceptors (Lipinski definition) is 3. The molecule has 2 N–H and O–H groups in total. The number of aryl methyl sites for hydroxylation is 1. The zero-order chi connectivity index (χ0) is 24.8. The Hall–Kier alpha value is -1.39. The van der Waals surface area contributed by atoms with Gasteiger partial charge >= 0.3 is 0 Å². The molecule has 35 heavy (non-hydrogen) atoms. The number of amides is 1. The minimum atomic E-state index is -0.637. The van der Waals surface area contributed by atoms with E-state index in [0.29, 0.717) is 30.5 Å². The van der Waals surface area contributed by atoms with Gasteiger partial charge in [-0.1, -0.05) is 32.0 Å². The summed E-state index contributed by atoms with van der Waals surface area (Å²) in [5.41, 5.74) is 1.94. The number of fused-ring (bicyclic) bond motifs is 5. The molecule has 0 heterocycles. The van der Waals surface area contributed by atoms with Gasteiger partial charge < -0.3 is 15.2 Å². The Morgan fingerprint density at radius 1 is 1.06 bits per heavy atom. The number of para-hydroxylation sites is 1. The Morgan fingerprint density at radius 2 is 1.86 bits per heavy atom. The van der Waals surface area contributed by atoms with Gasteiger partial charge in [0.2, 0.25) is 5.91 Å². The van der Waals surface area contributed by atoms with E-state index in [0.717, 1.165) is 48.8 Å². The Kier molecular flexibility index (Phi) is 6.85. The summed E-state index contributed by atoms with van der Waals surface area (Å²) in [4.78, 5) is 13.5. The van der Waals surface area contributed by atoms with Crippen LogP contribution < -0.4 is 5.32 Å². The molecule has 1 aromatic carbocycles. The van der Waals surface area contributed by atoms with Crippen LogP contribution in [0.15, 0.2) is 24.3 Å². The molecular formula is C31H47NO3. The second kappa shape index (κ2) is 9.49. The van der Waals surface area contributed by atoms with Gasteiger partial charge in [0.1, 0.15) is 0 Å². The van der Waals surface area contributed by atoms with Crippen LogP contribution in [0.3, 0.4) is 0 Å². The third-order valence-electron chi connectivity index (χ3n) is 11.5. The first-order chi connectivity index (χ1) is 16.8.